The van der Waals surface area contributed by atoms with Gasteiger partial charge >= 0.3 is 0 Å². The van der Waals surface area contributed by atoms with Crippen molar-refractivity contribution in [2.24, 2.45) is 0 Å². The summed E-state index contributed by atoms with van der Waals surface area (Å²) in [4.78, 5) is 7.37. The maximum Gasteiger partial charge on any atom is 0.243 e. The number of sulfonamides is 1. The first-order valence-electron chi connectivity index (χ1n) is 8.64. The summed E-state index contributed by atoms with van der Waals surface area (Å²) in [6.07, 6.45) is 0. The molecule has 0 unspecified atom stereocenters. The summed E-state index contributed by atoms with van der Waals surface area (Å²) in [5, 5.41) is 0.981. The zero-order chi connectivity index (χ0) is 18.3. The zero-order valence-electron chi connectivity index (χ0n) is 14.8. The van der Waals surface area contributed by atoms with Crippen molar-refractivity contribution in [1.82, 2.24) is 9.29 Å². The van der Waals surface area contributed by atoms with Crippen LogP contribution in [0.4, 0.5) is 5.13 Å². The van der Waals surface area contributed by atoms with Crippen LogP contribution in [0.15, 0.2) is 47.4 Å². The van der Waals surface area contributed by atoms with Crippen molar-refractivity contribution in [2.45, 2.75) is 18.7 Å². The number of rotatable bonds is 3. The molecule has 0 radical (unpaired) electrons. The lowest BCUT2D eigenvalue weighted by Crippen LogP contribution is -2.48. The smallest absolute Gasteiger partial charge is 0.243 e. The molecule has 1 aliphatic heterocycles. The molecule has 0 amide bonds. The lowest BCUT2D eigenvalue weighted by Gasteiger charge is -2.33. The molecule has 2 aromatic carbocycles. The molecule has 0 bridgehead atoms. The van der Waals surface area contributed by atoms with E-state index in [1.54, 1.807) is 39.9 Å². The molecule has 1 fully saturated rings. The molecular weight excluding hydrogens is 366 g/mol. The van der Waals surface area contributed by atoms with Crippen LogP contribution in [-0.2, 0) is 10.0 Å². The fourth-order valence-electron chi connectivity index (χ4n) is 3.24. The lowest BCUT2D eigenvalue weighted by atomic mass is 10.1. The molecule has 0 aliphatic carbocycles. The van der Waals surface area contributed by atoms with Crippen LogP contribution >= 0.6 is 11.3 Å². The van der Waals surface area contributed by atoms with Crippen molar-refractivity contribution in [1.29, 1.82) is 0 Å². The molecule has 136 valence electrons. The van der Waals surface area contributed by atoms with E-state index in [9.17, 15) is 8.42 Å². The molecule has 5 nitrogen and oxygen atoms in total. The minimum Gasteiger partial charge on any atom is -0.345 e. The van der Waals surface area contributed by atoms with E-state index >= 15 is 0 Å². The van der Waals surface area contributed by atoms with E-state index in [-0.39, 0.29) is 0 Å². The number of anilines is 1. The van der Waals surface area contributed by atoms with Crippen molar-refractivity contribution in [2.75, 3.05) is 31.1 Å². The Hall–Kier alpha value is -1.96. The van der Waals surface area contributed by atoms with E-state index in [1.807, 2.05) is 6.07 Å². The van der Waals surface area contributed by atoms with E-state index < -0.39 is 10.0 Å². The molecule has 0 saturated carbocycles. The van der Waals surface area contributed by atoms with E-state index in [4.69, 9.17) is 4.98 Å². The standard InChI is InChI=1S/C19H21N3O2S2/c1-14-8-9-15(2)18-17(14)20-19(25-18)21-10-12-22(13-11-21)26(23,24)16-6-4-3-5-7-16/h3-9H,10-13H2,1-2H3. The van der Waals surface area contributed by atoms with E-state index in [0.29, 0.717) is 31.1 Å². The Morgan fingerprint density at radius 3 is 2.23 bits per heavy atom. The fraction of sp³-hybridized carbons (Fsp3) is 0.316. The minimum atomic E-state index is -3.42. The number of thiazole rings is 1. The van der Waals surface area contributed by atoms with Crippen LogP contribution in [0.5, 0.6) is 0 Å². The van der Waals surface area contributed by atoms with Gasteiger partial charge in [0.25, 0.3) is 0 Å². The highest BCUT2D eigenvalue weighted by Gasteiger charge is 2.29. The maximum absolute atomic E-state index is 12.8. The summed E-state index contributed by atoms with van der Waals surface area (Å²) < 4.78 is 28.3. The largest absolute Gasteiger partial charge is 0.345 e. The van der Waals surface area contributed by atoms with Crippen molar-refractivity contribution in [3.8, 4) is 0 Å². The quantitative estimate of drug-likeness (QED) is 0.691. The van der Waals surface area contributed by atoms with Gasteiger partial charge in [0.2, 0.25) is 10.0 Å². The van der Waals surface area contributed by atoms with Gasteiger partial charge in [0.1, 0.15) is 0 Å². The summed E-state index contributed by atoms with van der Waals surface area (Å²) in [5.41, 5.74) is 3.47. The van der Waals surface area contributed by atoms with Crippen molar-refractivity contribution >= 4 is 36.7 Å². The summed E-state index contributed by atoms with van der Waals surface area (Å²) in [6, 6.07) is 12.9. The average Bonchev–Trinajstić information content (AvgIpc) is 3.12. The molecule has 7 heteroatoms. The molecular formula is C19H21N3O2S2. The first kappa shape index (κ1) is 17.5. The van der Waals surface area contributed by atoms with Gasteiger partial charge in [-0.05, 0) is 37.1 Å². The highest BCUT2D eigenvalue weighted by molar-refractivity contribution is 7.89. The number of aryl methyl sites for hydroxylation is 2. The molecule has 0 spiro atoms. The minimum absolute atomic E-state index is 0.361. The number of hydrogen-bond donors (Lipinski definition) is 0. The zero-order valence-corrected chi connectivity index (χ0v) is 16.5. The summed E-state index contributed by atoms with van der Waals surface area (Å²) in [5.74, 6) is 0. The van der Waals surface area contributed by atoms with Gasteiger partial charge < -0.3 is 4.90 Å². The average molecular weight is 388 g/mol. The van der Waals surface area contributed by atoms with Crippen LogP contribution in [0.1, 0.15) is 11.1 Å². The van der Waals surface area contributed by atoms with Gasteiger partial charge in [0.15, 0.2) is 5.13 Å². The molecule has 0 atom stereocenters. The predicted octanol–water partition coefficient (Wildman–Crippen LogP) is 3.42. The van der Waals surface area contributed by atoms with Gasteiger partial charge in [-0.3, -0.25) is 0 Å². The Bertz CT molecular complexity index is 998. The Balaban J connectivity index is 1.54. The van der Waals surface area contributed by atoms with Crippen molar-refractivity contribution < 1.29 is 8.42 Å². The van der Waals surface area contributed by atoms with Crippen LogP contribution in [0, 0.1) is 13.8 Å². The second-order valence-electron chi connectivity index (χ2n) is 6.58. The number of aromatic nitrogens is 1. The van der Waals surface area contributed by atoms with Crippen LogP contribution in [0.3, 0.4) is 0 Å². The Labute approximate surface area is 157 Å². The predicted molar refractivity (Wildman–Crippen MR) is 107 cm³/mol. The van der Waals surface area contributed by atoms with E-state index in [0.717, 1.165) is 10.6 Å². The number of piperazine rings is 1. The van der Waals surface area contributed by atoms with Crippen molar-refractivity contribution in [3.05, 3.63) is 53.6 Å². The summed E-state index contributed by atoms with van der Waals surface area (Å²) in [7, 11) is -3.42. The molecule has 26 heavy (non-hydrogen) atoms. The molecule has 0 N–H and O–H groups in total. The fourth-order valence-corrected chi connectivity index (χ4v) is 5.85. The van der Waals surface area contributed by atoms with Gasteiger partial charge in [-0.25, -0.2) is 13.4 Å². The summed E-state index contributed by atoms with van der Waals surface area (Å²) >= 11 is 1.70. The first-order valence-corrected chi connectivity index (χ1v) is 10.9. The SMILES string of the molecule is Cc1ccc(C)c2sc(N3CCN(S(=O)(=O)c4ccccc4)CC3)nc12. The molecule has 1 saturated heterocycles. The lowest BCUT2D eigenvalue weighted by molar-refractivity contribution is 0.385. The third-order valence-electron chi connectivity index (χ3n) is 4.82. The van der Waals surface area contributed by atoms with Crippen LogP contribution < -0.4 is 4.90 Å². The van der Waals surface area contributed by atoms with Gasteiger partial charge in [-0.1, -0.05) is 41.7 Å². The van der Waals surface area contributed by atoms with Gasteiger partial charge in [0, 0.05) is 26.2 Å². The monoisotopic (exact) mass is 387 g/mol. The van der Waals surface area contributed by atoms with Crippen LogP contribution in [0.2, 0.25) is 0 Å². The maximum atomic E-state index is 12.8. The molecule has 3 aromatic rings. The van der Waals surface area contributed by atoms with E-state index in [2.05, 4.69) is 30.9 Å². The summed E-state index contributed by atoms with van der Waals surface area (Å²) in [6.45, 7) is 6.45. The highest BCUT2D eigenvalue weighted by Crippen LogP contribution is 2.33. The third-order valence-corrected chi connectivity index (χ3v) is 7.99. The Kier molecular flexibility index (Phi) is 4.46. The number of hydrogen-bond acceptors (Lipinski definition) is 5. The van der Waals surface area contributed by atoms with Crippen molar-refractivity contribution in [3.63, 3.8) is 0 Å². The molecule has 2 heterocycles. The topological polar surface area (TPSA) is 53.5 Å². The molecule has 1 aliphatic rings. The Morgan fingerprint density at radius 2 is 1.58 bits per heavy atom. The number of benzene rings is 2. The Morgan fingerprint density at radius 1 is 0.923 bits per heavy atom. The second-order valence-corrected chi connectivity index (χ2v) is 9.49. The van der Waals surface area contributed by atoms with Crippen LogP contribution in [0.25, 0.3) is 10.2 Å². The van der Waals surface area contributed by atoms with Gasteiger partial charge in [0.05, 0.1) is 15.1 Å². The second kappa shape index (κ2) is 6.64. The molecule has 1 aromatic heterocycles. The van der Waals surface area contributed by atoms with Gasteiger partial charge in [-0.2, -0.15) is 4.31 Å². The van der Waals surface area contributed by atoms with E-state index in [1.165, 1.54) is 15.8 Å². The number of nitrogens with zero attached hydrogens (tertiary/aromatic N) is 3. The number of fused-ring (bicyclic) bond motifs is 1. The third kappa shape index (κ3) is 3.00. The van der Waals surface area contributed by atoms with Gasteiger partial charge in [-0.15, -0.1) is 0 Å². The highest BCUT2D eigenvalue weighted by atomic mass is 32.2. The molecule has 4 rings (SSSR count). The normalized spacial score (nSPS) is 16.3. The first-order chi connectivity index (χ1) is 12.5. The van der Waals surface area contributed by atoms with Crippen LogP contribution in [-0.4, -0.2) is 43.9 Å².